The van der Waals surface area contributed by atoms with Crippen molar-refractivity contribution in [3.05, 3.63) is 39.4 Å². The van der Waals surface area contributed by atoms with Gasteiger partial charge in [-0.1, -0.05) is 12.1 Å². The lowest BCUT2D eigenvalue weighted by molar-refractivity contribution is -0.385. The average Bonchev–Trinajstić information content (AvgIpc) is 2.37. The fourth-order valence-electron chi connectivity index (χ4n) is 1.70. The molecule has 1 aromatic carbocycles. The molecule has 7 heteroatoms. The van der Waals surface area contributed by atoms with Crippen LogP contribution in [0.5, 0.6) is 0 Å². The highest BCUT2D eigenvalue weighted by Gasteiger charge is 2.22. The van der Waals surface area contributed by atoms with Crippen molar-refractivity contribution in [1.82, 2.24) is 5.32 Å². The van der Waals surface area contributed by atoms with Crippen LogP contribution in [0.25, 0.3) is 0 Å². The molecular formula is C12H16N2O5. The van der Waals surface area contributed by atoms with Crippen molar-refractivity contribution < 1.29 is 19.6 Å². The van der Waals surface area contributed by atoms with Crippen LogP contribution in [0.3, 0.4) is 0 Å². The first-order valence-electron chi connectivity index (χ1n) is 5.77. The van der Waals surface area contributed by atoms with Crippen LogP contribution < -0.4 is 5.32 Å². The minimum Gasteiger partial charge on any atom is -0.477 e. The Morgan fingerprint density at radius 3 is 2.84 bits per heavy atom. The topological polar surface area (TPSA) is 102 Å². The van der Waals surface area contributed by atoms with Crippen molar-refractivity contribution in [2.75, 3.05) is 20.3 Å². The van der Waals surface area contributed by atoms with Crippen molar-refractivity contribution >= 4 is 11.7 Å². The number of hydrogen-bond donors (Lipinski definition) is 2. The quantitative estimate of drug-likeness (QED) is 0.420. The number of aromatic carboxylic acids is 1. The third-order valence-electron chi connectivity index (χ3n) is 2.56. The number of nitro groups is 1. The van der Waals surface area contributed by atoms with Gasteiger partial charge in [0.2, 0.25) is 0 Å². The highest BCUT2D eigenvalue weighted by molar-refractivity contribution is 5.94. The van der Waals surface area contributed by atoms with E-state index in [2.05, 4.69) is 5.32 Å². The van der Waals surface area contributed by atoms with E-state index in [0.29, 0.717) is 18.7 Å². The summed E-state index contributed by atoms with van der Waals surface area (Å²) in [6, 6.07) is 4.24. The van der Waals surface area contributed by atoms with E-state index in [9.17, 15) is 14.9 Å². The van der Waals surface area contributed by atoms with Crippen molar-refractivity contribution in [3.8, 4) is 0 Å². The maximum Gasteiger partial charge on any atom is 0.343 e. The fraction of sp³-hybridized carbons (Fsp3) is 0.417. The van der Waals surface area contributed by atoms with Gasteiger partial charge in [0.1, 0.15) is 5.56 Å². The van der Waals surface area contributed by atoms with Crippen LogP contribution in [-0.4, -0.2) is 36.3 Å². The molecule has 0 heterocycles. The van der Waals surface area contributed by atoms with Crippen LogP contribution >= 0.6 is 0 Å². The molecule has 0 amide bonds. The van der Waals surface area contributed by atoms with E-state index in [-0.39, 0.29) is 17.8 Å². The van der Waals surface area contributed by atoms with Gasteiger partial charge in [0.25, 0.3) is 5.69 Å². The first-order chi connectivity index (χ1) is 9.07. The molecule has 2 N–H and O–H groups in total. The largest absolute Gasteiger partial charge is 0.477 e. The van der Waals surface area contributed by atoms with E-state index in [4.69, 9.17) is 9.84 Å². The first kappa shape index (κ1) is 15.1. The number of carboxylic acid groups (broad SMARTS) is 1. The van der Waals surface area contributed by atoms with Gasteiger partial charge in [0, 0.05) is 26.3 Å². The molecule has 0 aliphatic carbocycles. The monoisotopic (exact) mass is 268 g/mol. The zero-order valence-corrected chi connectivity index (χ0v) is 10.6. The Balaban J connectivity index is 2.80. The van der Waals surface area contributed by atoms with Crippen LogP contribution in [0.4, 0.5) is 5.69 Å². The number of nitrogens with zero attached hydrogens (tertiary/aromatic N) is 1. The van der Waals surface area contributed by atoms with Gasteiger partial charge >= 0.3 is 5.97 Å². The maximum absolute atomic E-state index is 11.1. The second-order valence-corrected chi connectivity index (χ2v) is 3.90. The first-order valence-corrected chi connectivity index (χ1v) is 5.77. The molecule has 0 saturated carbocycles. The molecule has 0 bridgehead atoms. The molecule has 1 rings (SSSR count). The summed E-state index contributed by atoms with van der Waals surface area (Å²) >= 11 is 0. The number of benzene rings is 1. The molecule has 0 aromatic heterocycles. The van der Waals surface area contributed by atoms with Gasteiger partial charge < -0.3 is 15.2 Å². The molecular weight excluding hydrogens is 252 g/mol. The lowest BCUT2D eigenvalue weighted by atomic mass is 10.1. The van der Waals surface area contributed by atoms with Gasteiger partial charge in [0.15, 0.2) is 0 Å². The van der Waals surface area contributed by atoms with Crippen LogP contribution in [0.15, 0.2) is 18.2 Å². The smallest absolute Gasteiger partial charge is 0.343 e. The summed E-state index contributed by atoms with van der Waals surface area (Å²) in [7, 11) is 1.60. The average molecular weight is 268 g/mol. The van der Waals surface area contributed by atoms with Crippen molar-refractivity contribution in [1.29, 1.82) is 0 Å². The van der Waals surface area contributed by atoms with E-state index in [1.165, 1.54) is 12.1 Å². The molecule has 0 fully saturated rings. The van der Waals surface area contributed by atoms with Crippen molar-refractivity contribution in [2.24, 2.45) is 0 Å². The molecule has 0 atom stereocenters. The number of hydrogen-bond acceptors (Lipinski definition) is 5. The van der Waals surface area contributed by atoms with Gasteiger partial charge in [-0.2, -0.15) is 0 Å². The van der Waals surface area contributed by atoms with E-state index in [1.807, 2.05) is 0 Å². The van der Waals surface area contributed by atoms with Crippen molar-refractivity contribution in [2.45, 2.75) is 13.0 Å². The number of carbonyl (C=O) groups is 1. The highest BCUT2D eigenvalue weighted by Crippen LogP contribution is 2.22. The summed E-state index contributed by atoms with van der Waals surface area (Å²) in [5.41, 5.74) is -0.241. The number of nitrogens with one attached hydrogen (secondary N) is 1. The third kappa shape index (κ3) is 4.31. The highest BCUT2D eigenvalue weighted by atomic mass is 16.6. The molecule has 1 aromatic rings. The molecule has 0 unspecified atom stereocenters. The van der Waals surface area contributed by atoms with E-state index < -0.39 is 10.9 Å². The Morgan fingerprint density at radius 2 is 2.26 bits per heavy atom. The Kier molecular flexibility index (Phi) is 5.91. The Labute approximate surface area is 110 Å². The van der Waals surface area contributed by atoms with Gasteiger partial charge in [-0.15, -0.1) is 0 Å². The minimum absolute atomic E-state index is 0.258. The molecule has 104 valence electrons. The standard InChI is InChI=1S/C12H16N2O5/c1-19-7-3-6-13-8-9-4-2-5-10(14(17)18)11(9)12(15)16/h2,4-5,13H,3,6-8H2,1H3,(H,15,16). The zero-order valence-electron chi connectivity index (χ0n) is 10.6. The summed E-state index contributed by atoms with van der Waals surface area (Å²) in [6.07, 6.45) is 0.786. The summed E-state index contributed by atoms with van der Waals surface area (Å²) in [6.45, 7) is 1.52. The lowest BCUT2D eigenvalue weighted by Gasteiger charge is -2.08. The SMILES string of the molecule is COCCCNCc1cccc([N+](=O)[O-])c1C(=O)O. The molecule has 0 spiro atoms. The third-order valence-corrected chi connectivity index (χ3v) is 2.56. The van der Waals surface area contributed by atoms with E-state index in [1.54, 1.807) is 13.2 Å². The Morgan fingerprint density at radius 1 is 1.53 bits per heavy atom. The summed E-state index contributed by atoms with van der Waals surface area (Å²) < 4.78 is 4.88. The zero-order chi connectivity index (χ0) is 14.3. The van der Waals surface area contributed by atoms with Gasteiger partial charge in [-0.05, 0) is 18.5 Å². The molecule has 19 heavy (non-hydrogen) atoms. The summed E-state index contributed by atoms with van der Waals surface area (Å²) in [4.78, 5) is 21.2. The van der Waals surface area contributed by atoms with Crippen LogP contribution in [-0.2, 0) is 11.3 Å². The Hall–Kier alpha value is -1.99. The number of nitro benzene ring substituents is 1. The number of carboxylic acids is 1. The summed E-state index contributed by atoms with van der Waals surface area (Å²) in [5.74, 6) is -1.29. The van der Waals surface area contributed by atoms with Crippen LogP contribution in [0.1, 0.15) is 22.3 Å². The number of rotatable bonds is 8. The second-order valence-electron chi connectivity index (χ2n) is 3.90. The molecule has 7 nitrogen and oxygen atoms in total. The summed E-state index contributed by atoms with van der Waals surface area (Å²) in [5, 5.41) is 22.9. The predicted octanol–water partition coefficient (Wildman–Crippen LogP) is 1.42. The van der Waals surface area contributed by atoms with E-state index >= 15 is 0 Å². The van der Waals surface area contributed by atoms with Gasteiger partial charge in [0.05, 0.1) is 4.92 Å². The van der Waals surface area contributed by atoms with E-state index in [0.717, 1.165) is 6.42 Å². The van der Waals surface area contributed by atoms with Gasteiger partial charge in [-0.3, -0.25) is 10.1 Å². The van der Waals surface area contributed by atoms with Crippen LogP contribution in [0.2, 0.25) is 0 Å². The number of methoxy groups -OCH3 is 1. The fourth-order valence-corrected chi connectivity index (χ4v) is 1.70. The lowest BCUT2D eigenvalue weighted by Crippen LogP contribution is -2.18. The predicted molar refractivity (Wildman–Crippen MR) is 68.3 cm³/mol. The van der Waals surface area contributed by atoms with Crippen LogP contribution in [0, 0.1) is 10.1 Å². The van der Waals surface area contributed by atoms with Crippen molar-refractivity contribution in [3.63, 3.8) is 0 Å². The minimum atomic E-state index is -1.29. The van der Waals surface area contributed by atoms with Gasteiger partial charge in [-0.25, -0.2) is 4.79 Å². The molecule has 0 aliphatic rings. The maximum atomic E-state index is 11.1. The second kappa shape index (κ2) is 7.45. The number of ether oxygens (including phenoxy) is 1. The normalized spacial score (nSPS) is 10.4. The molecule has 0 aliphatic heterocycles. The molecule has 0 saturated heterocycles. The Bertz CT molecular complexity index is 461. The molecule has 0 radical (unpaired) electrons.